The molecule has 0 amide bonds. The van der Waals surface area contributed by atoms with Crippen molar-refractivity contribution in [2.45, 2.75) is 259 Å². The molecule has 9 rings (SSSR count). The Morgan fingerprint density at radius 2 is 1.23 bits per heavy atom. The van der Waals surface area contributed by atoms with E-state index in [4.69, 9.17) is 56.8 Å². The van der Waals surface area contributed by atoms with Crippen LogP contribution in [0.2, 0.25) is 0 Å². The van der Waals surface area contributed by atoms with Crippen LogP contribution in [0.1, 0.15) is 129 Å². The molecule has 0 spiro atoms. The average Bonchev–Trinajstić information content (AvgIpc) is 3.77. The summed E-state index contributed by atoms with van der Waals surface area (Å²) >= 11 is 0. The van der Waals surface area contributed by atoms with Gasteiger partial charge in [0.25, 0.3) is 0 Å². The van der Waals surface area contributed by atoms with Crippen LogP contribution >= 0.6 is 0 Å². The summed E-state index contributed by atoms with van der Waals surface area (Å²) in [6.45, 7) is 12.5. The number of fused-ring (bicyclic) bond motifs is 5. The second-order valence-electron chi connectivity index (χ2n) is 23.7. The van der Waals surface area contributed by atoms with Crippen molar-refractivity contribution in [3.05, 3.63) is 35.9 Å². The molecule has 27 atom stereocenters. The third-order valence-corrected chi connectivity index (χ3v) is 19.9. The minimum Gasteiger partial charge on any atom is -0.458 e. The molecule has 1 aromatic rings. The monoisotopic (exact) mass is 1070 g/mol. The minimum absolute atomic E-state index is 0.0241. The van der Waals surface area contributed by atoms with Gasteiger partial charge in [-0.25, -0.2) is 4.79 Å². The first-order valence-electron chi connectivity index (χ1n) is 27.4. The maximum Gasteiger partial charge on any atom is 0.338 e. The summed E-state index contributed by atoms with van der Waals surface area (Å²) in [5, 5.41) is 82.3. The molecule has 8 aliphatic rings. The van der Waals surface area contributed by atoms with Crippen molar-refractivity contribution in [3.63, 3.8) is 0 Å². The highest BCUT2D eigenvalue weighted by atomic mass is 16.8. The molecule has 7 N–H and O–H groups in total. The standard InChI is InChI=1S/C55H86O20/c1-27-43(58)48(66-10)44(59)50(70-27)75-47-30(4)69-42(25-37(47)65-9)74-46-29(3)68-41(24-36(46)64-8)73-45-28(2)67-40(23-35(45)57)71-34-17-18-51(6)33(22-34)16-19-54(62)38(51)26-39(72-49(60)32-14-12-11-13-15-32)52(7)53(61,31(5)56)20-21-55(52,54)63/h11-15,27-31,33-48,50,56-59,61-63H,16-26H2,1-10H3. The molecule has 4 saturated carbocycles. The molecule has 4 aliphatic carbocycles. The second-order valence-corrected chi connectivity index (χ2v) is 23.7. The number of methoxy groups -OCH3 is 3. The van der Waals surface area contributed by atoms with Gasteiger partial charge in [0.05, 0.1) is 71.5 Å². The Morgan fingerprint density at radius 1 is 0.640 bits per heavy atom. The topological polar surface area (TPSA) is 269 Å². The van der Waals surface area contributed by atoms with Crippen LogP contribution in [-0.2, 0) is 56.8 Å². The Labute approximate surface area is 440 Å². The van der Waals surface area contributed by atoms with Crippen LogP contribution in [0.4, 0.5) is 0 Å². The Balaban J connectivity index is 0.790. The van der Waals surface area contributed by atoms with Crippen molar-refractivity contribution in [2.75, 3.05) is 21.3 Å². The normalized spacial score (nSPS) is 51.5. The molecule has 0 radical (unpaired) electrons. The first-order valence-corrected chi connectivity index (χ1v) is 27.4. The summed E-state index contributed by atoms with van der Waals surface area (Å²) in [5.41, 5.74) is -7.12. The zero-order valence-electron chi connectivity index (χ0n) is 45.3. The van der Waals surface area contributed by atoms with Crippen molar-refractivity contribution < 1.29 is 97.4 Å². The van der Waals surface area contributed by atoms with E-state index in [0.29, 0.717) is 31.2 Å². The zero-order valence-corrected chi connectivity index (χ0v) is 45.3. The van der Waals surface area contributed by atoms with E-state index in [0.717, 1.165) is 0 Å². The Bertz CT molecular complexity index is 2080. The lowest BCUT2D eigenvalue weighted by molar-refractivity contribution is -0.356. The van der Waals surface area contributed by atoms with Crippen molar-refractivity contribution in [1.29, 1.82) is 0 Å². The number of hydrogen-bond acceptors (Lipinski definition) is 20. The van der Waals surface area contributed by atoms with Gasteiger partial charge in [-0.15, -0.1) is 0 Å². The van der Waals surface area contributed by atoms with Gasteiger partial charge in [-0.3, -0.25) is 0 Å². The highest BCUT2D eigenvalue weighted by Crippen LogP contribution is 2.72. The first kappa shape index (κ1) is 57.6. The molecule has 0 bridgehead atoms. The molecule has 75 heavy (non-hydrogen) atoms. The predicted molar refractivity (Wildman–Crippen MR) is 263 cm³/mol. The number of rotatable bonds is 14. The lowest BCUT2D eigenvalue weighted by atomic mass is 9.40. The van der Waals surface area contributed by atoms with Gasteiger partial charge in [-0.05, 0) is 115 Å². The van der Waals surface area contributed by atoms with Crippen molar-refractivity contribution in [1.82, 2.24) is 0 Å². The number of esters is 1. The molecule has 1 aromatic carbocycles. The summed E-state index contributed by atoms with van der Waals surface area (Å²) in [6, 6.07) is 8.58. The lowest BCUT2D eigenvalue weighted by Crippen LogP contribution is -2.79. The van der Waals surface area contributed by atoms with Crippen molar-refractivity contribution in [3.8, 4) is 0 Å². The average molecular weight is 1070 g/mol. The quantitative estimate of drug-likeness (QED) is 0.104. The van der Waals surface area contributed by atoms with Gasteiger partial charge in [0, 0.05) is 40.6 Å². The van der Waals surface area contributed by atoms with E-state index in [9.17, 15) is 40.5 Å². The smallest absolute Gasteiger partial charge is 0.338 e. The highest BCUT2D eigenvalue weighted by Gasteiger charge is 2.81. The molecule has 4 saturated heterocycles. The molecular formula is C55H86O20. The number of ether oxygens (including phenoxy) is 12. The number of aliphatic hydroxyl groups is 7. The van der Waals surface area contributed by atoms with Crippen LogP contribution in [0.15, 0.2) is 30.3 Å². The van der Waals surface area contributed by atoms with E-state index in [-0.39, 0.29) is 57.0 Å². The third kappa shape index (κ3) is 9.97. The van der Waals surface area contributed by atoms with Crippen LogP contribution < -0.4 is 0 Å². The number of carbonyl (C=O) groups excluding carboxylic acids is 1. The predicted octanol–water partition coefficient (Wildman–Crippen LogP) is 3.02. The molecule has 20 nitrogen and oxygen atoms in total. The van der Waals surface area contributed by atoms with Gasteiger partial charge in [0.1, 0.15) is 53.9 Å². The van der Waals surface area contributed by atoms with Gasteiger partial charge >= 0.3 is 5.97 Å². The largest absolute Gasteiger partial charge is 0.458 e. The summed E-state index contributed by atoms with van der Waals surface area (Å²) in [6.07, 6.45) is -11.4. The van der Waals surface area contributed by atoms with E-state index in [2.05, 4.69) is 6.92 Å². The summed E-state index contributed by atoms with van der Waals surface area (Å²) in [7, 11) is 4.57. The minimum atomic E-state index is -1.88. The Kier molecular flexibility index (Phi) is 17.0. The van der Waals surface area contributed by atoms with Crippen molar-refractivity contribution in [2.24, 2.45) is 22.7 Å². The molecule has 8 fully saturated rings. The molecule has 426 valence electrons. The summed E-state index contributed by atoms with van der Waals surface area (Å²) in [5.74, 6) is -1.04. The van der Waals surface area contributed by atoms with E-state index in [1.165, 1.54) is 14.0 Å². The first-order chi connectivity index (χ1) is 35.5. The Hall–Kier alpha value is -2.03. The maximum absolute atomic E-state index is 13.7. The molecule has 4 aliphatic heterocycles. The van der Waals surface area contributed by atoms with E-state index >= 15 is 0 Å². The van der Waals surface area contributed by atoms with Gasteiger partial charge in [-0.2, -0.15) is 0 Å². The van der Waals surface area contributed by atoms with Crippen LogP contribution in [0.5, 0.6) is 0 Å². The molecule has 0 aromatic heterocycles. The summed E-state index contributed by atoms with van der Waals surface area (Å²) < 4.78 is 74.3. The fourth-order valence-electron chi connectivity index (χ4n) is 15.4. The molecule has 20 heteroatoms. The number of benzene rings is 1. The number of carbonyl (C=O) groups is 1. The van der Waals surface area contributed by atoms with Crippen LogP contribution in [0.25, 0.3) is 0 Å². The van der Waals surface area contributed by atoms with Gasteiger partial charge < -0.3 is 92.6 Å². The highest BCUT2D eigenvalue weighted by molar-refractivity contribution is 5.89. The van der Waals surface area contributed by atoms with Gasteiger partial charge in [0.2, 0.25) is 0 Å². The third-order valence-electron chi connectivity index (χ3n) is 19.9. The van der Waals surface area contributed by atoms with Crippen LogP contribution in [0, 0.1) is 22.7 Å². The van der Waals surface area contributed by atoms with Crippen molar-refractivity contribution >= 4 is 5.97 Å². The Morgan fingerprint density at radius 3 is 1.81 bits per heavy atom. The summed E-state index contributed by atoms with van der Waals surface area (Å²) in [4.78, 5) is 13.7. The number of aliphatic hydroxyl groups excluding tert-OH is 4. The van der Waals surface area contributed by atoms with E-state index < -0.39 is 156 Å². The number of hydrogen-bond donors (Lipinski definition) is 7. The molecular weight excluding hydrogens is 981 g/mol. The fourth-order valence-corrected chi connectivity index (χ4v) is 15.4. The van der Waals surface area contributed by atoms with Crippen LogP contribution in [0.3, 0.4) is 0 Å². The SMILES string of the molecule is COC1CC(OC2C(O)CC(OC3CCC4(C)C(CCC5(O)C4CC(OC(=O)c4ccccc4)C4(C)C(O)(C(C)O)CCC54O)C3)OC2C)OC(C)C1OC1CC(OC)C(OC2OC(C)C(O)C(OC)C2O)C(C)O1. The maximum atomic E-state index is 13.7. The zero-order chi connectivity index (χ0) is 54.2. The van der Waals surface area contributed by atoms with Gasteiger partial charge in [-0.1, -0.05) is 32.0 Å². The van der Waals surface area contributed by atoms with Gasteiger partial charge in [0.15, 0.2) is 25.2 Å². The van der Waals surface area contributed by atoms with Crippen LogP contribution in [-0.4, -0.2) is 203 Å². The lowest BCUT2D eigenvalue weighted by Gasteiger charge is -2.69. The fraction of sp³-hybridized carbons (Fsp3) is 0.873. The van der Waals surface area contributed by atoms with E-state index in [1.807, 2.05) is 20.8 Å². The second kappa shape index (κ2) is 22.1. The molecule has 4 heterocycles. The molecule has 27 unspecified atom stereocenters. The van der Waals surface area contributed by atoms with E-state index in [1.54, 1.807) is 58.4 Å².